The van der Waals surface area contributed by atoms with Crippen LogP contribution in [0.2, 0.25) is 0 Å². The van der Waals surface area contributed by atoms with E-state index in [9.17, 15) is 5.26 Å². The molecule has 2 saturated heterocycles. The van der Waals surface area contributed by atoms with Crippen LogP contribution in [0.3, 0.4) is 0 Å². The molecule has 0 amide bonds. The van der Waals surface area contributed by atoms with Gasteiger partial charge in [0.2, 0.25) is 5.88 Å². The number of H-pyrrole nitrogens is 2. The van der Waals surface area contributed by atoms with Crippen LogP contribution < -0.4 is 9.64 Å². The third kappa shape index (κ3) is 4.47. The van der Waals surface area contributed by atoms with Gasteiger partial charge in [0.1, 0.15) is 23.1 Å². The number of hydrogen-bond donors (Lipinski definition) is 2. The highest BCUT2D eigenvalue weighted by Crippen LogP contribution is 2.36. The molecule has 2 aromatic carbocycles. The molecule has 3 aromatic heterocycles. The monoisotopic (exact) mass is 518 g/mol. The highest BCUT2D eigenvalue weighted by Gasteiger charge is 2.26. The van der Waals surface area contributed by atoms with Gasteiger partial charge in [-0.2, -0.15) is 10.4 Å². The van der Waals surface area contributed by atoms with E-state index in [1.54, 1.807) is 18.3 Å². The molecule has 0 aliphatic carbocycles. The number of hydrogen-bond acceptors (Lipinski definition) is 7. The van der Waals surface area contributed by atoms with E-state index in [0.29, 0.717) is 22.8 Å². The molecule has 0 bridgehead atoms. The standard InChI is InChI=1S/C30H30N8O/c31-19-20-6-5-13-32-30(20)39-26-8-4-7-24-27(26)28(36-35-24)29-33-23-10-9-22(18-25(23)34-29)38-16-11-21(12-17-38)37-14-2-1-3-15-37/h4-10,13,18,21H,1-3,11-12,14-17H2,(H,33,34)(H,35,36). The van der Waals surface area contributed by atoms with Crippen molar-refractivity contribution in [2.24, 2.45) is 0 Å². The van der Waals surface area contributed by atoms with E-state index in [0.717, 1.165) is 41.1 Å². The second kappa shape index (κ2) is 10.0. The molecule has 9 nitrogen and oxygen atoms in total. The van der Waals surface area contributed by atoms with Crippen LogP contribution in [-0.4, -0.2) is 62.3 Å². The van der Waals surface area contributed by atoms with Crippen LogP contribution in [0.4, 0.5) is 5.69 Å². The van der Waals surface area contributed by atoms with Crippen molar-refractivity contribution >= 4 is 27.6 Å². The first-order valence-corrected chi connectivity index (χ1v) is 13.8. The van der Waals surface area contributed by atoms with E-state index in [1.165, 1.54) is 50.9 Å². The third-order valence-electron chi connectivity index (χ3n) is 8.08. The molecule has 0 saturated carbocycles. The minimum absolute atomic E-state index is 0.262. The minimum atomic E-state index is 0.262. The van der Waals surface area contributed by atoms with E-state index in [4.69, 9.17) is 9.72 Å². The molecule has 0 unspecified atom stereocenters. The number of nitrogens with one attached hydrogen (secondary N) is 2. The van der Waals surface area contributed by atoms with Crippen molar-refractivity contribution in [3.63, 3.8) is 0 Å². The number of benzene rings is 2. The summed E-state index contributed by atoms with van der Waals surface area (Å²) in [5.41, 5.74) is 4.94. The first-order valence-electron chi connectivity index (χ1n) is 13.8. The summed E-state index contributed by atoms with van der Waals surface area (Å²) in [6.45, 7) is 4.69. The van der Waals surface area contributed by atoms with Crippen molar-refractivity contribution in [3.05, 3.63) is 60.3 Å². The van der Waals surface area contributed by atoms with Gasteiger partial charge in [-0.1, -0.05) is 12.5 Å². The third-order valence-corrected chi connectivity index (χ3v) is 8.08. The maximum Gasteiger partial charge on any atom is 0.237 e. The average Bonchev–Trinajstić information content (AvgIpc) is 3.62. The number of nitriles is 1. The van der Waals surface area contributed by atoms with Crippen LogP contribution in [0.1, 0.15) is 37.7 Å². The summed E-state index contributed by atoms with van der Waals surface area (Å²) in [6, 6.07) is 18.4. The summed E-state index contributed by atoms with van der Waals surface area (Å²) in [4.78, 5) is 17.8. The molecule has 2 aliphatic heterocycles. The van der Waals surface area contributed by atoms with Gasteiger partial charge in [0.25, 0.3) is 0 Å². The molecule has 9 heteroatoms. The number of aromatic nitrogens is 5. The molecule has 0 radical (unpaired) electrons. The van der Waals surface area contributed by atoms with Crippen LogP contribution in [0.25, 0.3) is 33.5 Å². The Morgan fingerprint density at radius 1 is 0.949 bits per heavy atom. The maximum absolute atomic E-state index is 9.46. The predicted octanol–water partition coefficient (Wildman–Crippen LogP) is 5.62. The number of anilines is 1. The van der Waals surface area contributed by atoms with Crippen molar-refractivity contribution < 1.29 is 4.74 Å². The van der Waals surface area contributed by atoms with Crippen molar-refractivity contribution in [1.29, 1.82) is 5.26 Å². The van der Waals surface area contributed by atoms with E-state index in [-0.39, 0.29) is 5.88 Å². The van der Waals surface area contributed by atoms with Crippen LogP contribution in [-0.2, 0) is 0 Å². The molecule has 5 aromatic rings. The Kier molecular flexibility index (Phi) is 6.10. The van der Waals surface area contributed by atoms with Crippen molar-refractivity contribution in [3.8, 4) is 29.2 Å². The van der Waals surface area contributed by atoms with Gasteiger partial charge in [-0.3, -0.25) is 5.10 Å². The van der Waals surface area contributed by atoms with Gasteiger partial charge in [0.05, 0.1) is 21.9 Å². The smallest absolute Gasteiger partial charge is 0.237 e. The van der Waals surface area contributed by atoms with Crippen molar-refractivity contribution in [2.75, 3.05) is 31.1 Å². The Labute approximate surface area is 226 Å². The van der Waals surface area contributed by atoms with Crippen molar-refractivity contribution in [2.45, 2.75) is 38.1 Å². The minimum Gasteiger partial charge on any atom is -0.437 e. The number of likely N-dealkylation sites (tertiary alicyclic amines) is 1. The van der Waals surface area contributed by atoms with Gasteiger partial charge in [0.15, 0.2) is 5.82 Å². The molecule has 2 fully saturated rings. The number of fused-ring (bicyclic) bond motifs is 2. The van der Waals surface area contributed by atoms with E-state index in [1.807, 2.05) is 18.2 Å². The fourth-order valence-electron chi connectivity index (χ4n) is 6.04. The number of pyridine rings is 1. The van der Waals surface area contributed by atoms with E-state index < -0.39 is 0 Å². The summed E-state index contributed by atoms with van der Waals surface area (Å²) in [5, 5.41) is 17.9. The summed E-state index contributed by atoms with van der Waals surface area (Å²) in [6.07, 6.45) is 8.13. The fraction of sp³-hybridized carbons (Fsp3) is 0.333. The molecule has 196 valence electrons. The first kappa shape index (κ1) is 23.7. The quantitative estimate of drug-likeness (QED) is 0.311. The van der Waals surface area contributed by atoms with E-state index in [2.05, 4.69) is 54.2 Å². The number of imidazole rings is 1. The summed E-state index contributed by atoms with van der Waals surface area (Å²) < 4.78 is 6.11. The van der Waals surface area contributed by atoms with Gasteiger partial charge in [-0.15, -0.1) is 0 Å². The number of nitrogens with zero attached hydrogens (tertiary/aromatic N) is 6. The lowest BCUT2D eigenvalue weighted by atomic mass is 9.99. The van der Waals surface area contributed by atoms with Crippen LogP contribution in [0, 0.1) is 11.3 Å². The number of rotatable bonds is 5. The molecule has 0 atom stereocenters. The van der Waals surface area contributed by atoms with Crippen LogP contribution >= 0.6 is 0 Å². The Morgan fingerprint density at radius 3 is 2.67 bits per heavy atom. The number of ether oxygens (including phenoxy) is 1. The van der Waals surface area contributed by atoms with Gasteiger partial charge in [-0.25, -0.2) is 9.97 Å². The largest absolute Gasteiger partial charge is 0.437 e. The molecule has 0 spiro atoms. The van der Waals surface area contributed by atoms with Gasteiger partial charge in [0, 0.05) is 31.0 Å². The van der Waals surface area contributed by atoms with Crippen molar-refractivity contribution in [1.82, 2.24) is 30.0 Å². The van der Waals surface area contributed by atoms with Gasteiger partial charge >= 0.3 is 0 Å². The topological polar surface area (TPSA) is 110 Å². The zero-order valence-corrected chi connectivity index (χ0v) is 21.7. The number of aromatic amines is 2. The normalized spacial score (nSPS) is 17.1. The second-order valence-electron chi connectivity index (χ2n) is 10.4. The van der Waals surface area contributed by atoms with Crippen LogP contribution in [0.15, 0.2) is 54.7 Å². The molecule has 2 N–H and O–H groups in total. The summed E-state index contributed by atoms with van der Waals surface area (Å²) >= 11 is 0. The highest BCUT2D eigenvalue weighted by molar-refractivity contribution is 5.97. The SMILES string of the molecule is N#Cc1cccnc1Oc1cccc2[nH]nc(-c3nc4ccc(N5CCC(N6CCCCC6)CC5)cc4[nH]3)c12. The van der Waals surface area contributed by atoms with E-state index >= 15 is 0 Å². The lowest BCUT2D eigenvalue weighted by Crippen LogP contribution is -2.46. The molecular formula is C30H30N8O. The predicted molar refractivity (Wildman–Crippen MR) is 151 cm³/mol. The second-order valence-corrected chi connectivity index (χ2v) is 10.4. The Balaban J connectivity index is 1.16. The maximum atomic E-state index is 9.46. The molecule has 5 heterocycles. The Hall–Kier alpha value is -4.42. The van der Waals surface area contributed by atoms with Gasteiger partial charge < -0.3 is 19.5 Å². The zero-order valence-electron chi connectivity index (χ0n) is 21.7. The molecular weight excluding hydrogens is 488 g/mol. The zero-order chi connectivity index (χ0) is 26.2. The Bertz CT molecular complexity index is 1670. The summed E-state index contributed by atoms with van der Waals surface area (Å²) in [7, 11) is 0. The lowest BCUT2D eigenvalue weighted by Gasteiger charge is -2.41. The average molecular weight is 519 g/mol. The Morgan fingerprint density at radius 2 is 1.82 bits per heavy atom. The van der Waals surface area contributed by atoms with Crippen LogP contribution in [0.5, 0.6) is 11.6 Å². The fourth-order valence-corrected chi connectivity index (χ4v) is 6.04. The molecule has 7 rings (SSSR count). The lowest BCUT2D eigenvalue weighted by molar-refractivity contribution is 0.141. The molecule has 2 aliphatic rings. The highest BCUT2D eigenvalue weighted by atomic mass is 16.5. The van der Waals surface area contributed by atoms with Gasteiger partial charge in [-0.05, 0) is 81.2 Å². The number of piperidine rings is 2. The first-order chi connectivity index (χ1) is 19.3. The summed E-state index contributed by atoms with van der Waals surface area (Å²) in [5.74, 6) is 1.48. The molecule has 39 heavy (non-hydrogen) atoms.